The quantitative estimate of drug-likeness (QED) is 0.611. The van der Waals surface area contributed by atoms with Crippen molar-refractivity contribution in [1.29, 1.82) is 5.26 Å². The number of rotatable bonds is 2. The van der Waals surface area contributed by atoms with Gasteiger partial charge in [-0.1, -0.05) is 0 Å². The Morgan fingerprint density at radius 3 is 3.08 bits per heavy atom. The molecule has 0 aliphatic rings. The van der Waals surface area contributed by atoms with Gasteiger partial charge in [-0.05, 0) is 0 Å². The van der Waals surface area contributed by atoms with Crippen molar-refractivity contribution in [2.24, 2.45) is 0 Å². The second kappa shape index (κ2) is 2.92. The van der Waals surface area contributed by atoms with E-state index in [4.69, 9.17) is 16.1 Å². The van der Waals surface area contributed by atoms with Crippen molar-refractivity contribution in [3.8, 4) is 6.07 Å². The van der Waals surface area contributed by atoms with Crippen molar-refractivity contribution in [2.45, 2.75) is 6.54 Å². The maximum absolute atomic E-state index is 10.2. The number of anilines is 1. The number of nitrogens with two attached hydrogens (primary N) is 1. The van der Waals surface area contributed by atoms with Gasteiger partial charge in [0.1, 0.15) is 12.6 Å². The Morgan fingerprint density at radius 2 is 2.58 bits per heavy atom. The van der Waals surface area contributed by atoms with Gasteiger partial charge in [0.05, 0.1) is 6.33 Å². The molecule has 1 aromatic heterocycles. The molecular formula is C6H6N4O2. The van der Waals surface area contributed by atoms with E-state index in [0.717, 1.165) is 0 Å². The van der Waals surface area contributed by atoms with E-state index in [0.29, 0.717) is 0 Å². The Morgan fingerprint density at radius 1 is 1.92 bits per heavy atom. The van der Waals surface area contributed by atoms with Crippen molar-refractivity contribution < 1.29 is 9.90 Å². The third-order valence-corrected chi connectivity index (χ3v) is 1.28. The first kappa shape index (κ1) is 8.07. The SMILES string of the molecule is N#Cc1c(N)ncn1CC(=O)O. The number of nitriles is 1. The number of aromatic nitrogens is 2. The van der Waals surface area contributed by atoms with Crippen LogP contribution in [-0.2, 0) is 11.3 Å². The molecule has 12 heavy (non-hydrogen) atoms. The zero-order valence-corrected chi connectivity index (χ0v) is 6.06. The Labute approximate surface area is 67.9 Å². The number of imidazole rings is 1. The highest BCUT2D eigenvalue weighted by Crippen LogP contribution is 2.06. The van der Waals surface area contributed by atoms with Gasteiger partial charge in [-0.3, -0.25) is 4.79 Å². The second-order valence-corrected chi connectivity index (χ2v) is 2.11. The zero-order valence-electron chi connectivity index (χ0n) is 6.06. The van der Waals surface area contributed by atoms with E-state index in [1.54, 1.807) is 6.07 Å². The molecule has 3 N–H and O–H groups in total. The number of aliphatic carboxylic acids is 1. The van der Waals surface area contributed by atoms with Gasteiger partial charge in [-0.25, -0.2) is 4.98 Å². The first-order valence-corrected chi connectivity index (χ1v) is 3.07. The Bertz CT molecular complexity index is 349. The number of nitrogens with zero attached hydrogens (tertiary/aromatic N) is 3. The molecule has 0 spiro atoms. The topological polar surface area (TPSA) is 105 Å². The molecule has 62 valence electrons. The highest BCUT2D eigenvalue weighted by atomic mass is 16.4. The number of carboxylic acids is 1. The predicted octanol–water partition coefficient (Wildman–Crippen LogP) is -0.578. The van der Waals surface area contributed by atoms with Gasteiger partial charge in [0, 0.05) is 0 Å². The van der Waals surface area contributed by atoms with Gasteiger partial charge in [0.25, 0.3) is 0 Å². The number of nitrogen functional groups attached to an aromatic ring is 1. The van der Waals surface area contributed by atoms with Gasteiger partial charge < -0.3 is 15.4 Å². The molecule has 0 aliphatic carbocycles. The Balaban J connectivity index is 3.01. The van der Waals surface area contributed by atoms with Gasteiger partial charge in [0.2, 0.25) is 0 Å². The van der Waals surface area contributed by atoms with Crippen LogP contribution in [0.3, 0.4) is 0 Å². The first-order valence-electron chi connectivity index (χ1n) is 3.07. The van der Waals surface area contributed by atoms with E-state index in [1.807, 2.05) is 0 Å². The normalized spacial score (nSPS) is 9.25. The highest BCUT2D eigenvalue weighted by Gasteiger charge is 2.08. The highest BCUT2D eigenvalue weighted by molar-refractivity contribution is 5.67. The fraction of sp³-hybridized carbons (Fsp3) is 0.167. The minimum atomic E-state index is -1.04. The second-order valence-electron chi connectivity index (χ2n) is 2.11. The van der Waals surface area contributed by atoms with Crippen LogP contribution in [0.2, 0.25) is 0 Å². The molecule has 0 aromatic carbocycles. The van der Waals surface area contributed by atoms with Gasteiger partial charge in [-0.15, -0.1) is 0 Å². The molecule has 1 heterocycles. The van der Waals surface area contributed by atoms with Crippen molar-refractivity contribution >= 4 is 11.8 Å². The number of carboxylic acid groups (broad SMARTS) is 1. The summed E-state index contributed by atoms with van der Waals surface area (Å²) in [5.74, 6) is -0.984. The van der Waals surface area contributed by atoms with Crippen LogP contribution in [0.4, 0.5) is 5.82 Å². The molecular weight excluding hydrogens is 160 g/mol. The average molecular weight is 166 g/mol. The minimum absolute atomic E-state index is 0.0544. The third-order valence-electron chi connectivity index (χ3n) is 1.28. The minimum Gasteiger partial charge on any atom is -0.480 e. The average Bonchev–Trinajstić information content (AvgIpc) is 2.30. The molecule has 0 aliphatic heterocycles. The molecule has 6 nitrogen and oxygen atoms in total. The lowest BCUT2D eigenvalue weighted by Crippen LogP contribution is -2.09. The van der Waals surface area contributed by atoms with E-state index >= 15 is 0 Å². The summed E-state index contributed by atoms with van der Waals surface area (Å²) >= 11 is 0. The molecule has 0 radical (unpaired) electrons. The number of carbonyl (C=O) groups is 1. The fourth-order valence-corrected chi connectivity index (χ4v) is 0.785. The van der Waals surface area contributed by atoms with Crippen molar-refractivity contribution in [2.75, 3.05) is 5.73 Å². The van der Waals surface area contributed by atoms with Gasteiger partial charge in [-0.2, -0.15) is 5.26 Å². The summed E-state index contributed by atoms with van der Waals surface area (Å²) in [5, 5.41) is 16.9. The summed E-state index contributed by atoms with van der Waals surface area (Å²) in [5.41, 5.74) is 5.36. The maximum atomic E-state index is 10.2. The van der Waals surface area contributed by atoms with E-state index < -0.39 is 5.97 Å². The van der Waals surface area contributed by atoms with E-state index in [1.165, 1.54) is 10.9 Å². The fourth-order valence-electron chi connectivity index (χ4n) is 0.785. The monoisotopic (exact) mass is 166 g/mol. The lowest BCUT2D eigenvalue weighted by Gasteiger charge is -1.96. The number of hydrogen-bond donors (Lipinski definition) is 2. The molecule has 1 aromatic rings. The molecule has 0 bridgehead atoms. The van der Waals surface area contributed by atoms with Crippen LogP contribution >= 0.6 is 0 Å². The first-order chi connectivity index (χ1) is 5.65. The molecule has 0 unspecified atom stereocenters. The molecule has 0 amide bonds. The van der Waals surface area contributed by atoms with Crippen LogP contribution < -0.4 is 5.73 Å². The zero-order chi connectivity index (χ0) is 9.14. The van der Waals surface area contributed by atoms with Crippen LogP contribution in [0.15, 0.2) is 6.33 Å². The summed E-state index contributed by atoms with van der Waals surface area (Å²) in [6.07, 6.45) is 1.22. The van der Waals surface area contributed by atoms with E-state index in [-0.39, 0.29) is 18.1 Å². The third kappa shape index (κ3) is 1.34. The van der Waals surface area contributed by atoms with Crippen LogP contribution in [-0.4, -0.2) is 20.6 Å². The summed E-state index contributed by atoms with van der Waals surface area (Å²) in [6, 6.07) is 1.76. The Kier molecular flexibility index (Phi) is 1.96. The largest absolute Gasteiger partial charge is 0.480 e. The Hall–Kier alpha value is -2.03. The lowest BCUT2D eigenvalue weighted by molar-refractivity contribution is -0.137. The maximum Gasteiger partial charge on any atom is 0.323 e. The van der Waals surface area contributed by atoms with Crippen molar-refractivity contribution in [3.63, 3.8) is 0 Å². The standard InChI is InChI=1S/C6H6N4O2/c7-1-4-6(8)9-3-10(4)2-5(11)12/h3H,2,8H2,(H,11,12). The van der Waals surface area contributed by atoms with Crippen LogP contribution in [0.25, 0.3) is 0 Å². The molecule has 6 heteroatoms. The van der Waals surface area contributed by atoms with Crippen LogP contribution in [0.1, 0.15) is 5.69 Å². The van der Waals surface area contributed by atoms with Crippen molar-refractivity contribution in [1.82, 2.24) is 9.55 Å². The van der Waals surface area contributed by atoms with Gasteiger partial charge in [0.15, 0.2) is 11.5 Å². The summed E-state index contributed by atoms with van der Waals surface area (Å²) in [6.45, 7) is -0.299. The van der Waals surface area contributed by atoms with Crippen molar-refractivity contribution in [3.05, 3.63) is 12.0 Å². The molecule has 0 saturated heterocycles. The molecule has 1 rings (SSSR count). The molecule has 0 saturated carbocycles. The lowest BCUT2D eigenvalue weighted by atomic mass is 10.4. The molecule has 0 atom stereocenters. The predicted molar refractivity (Wildman–Crippen MR) is 39.0 cm³/mol. The van der Waals surface area contributed by atoms with Crippen LogP contribution in [0, 0.1) is 11.3 Å². The van der Waals surface area contributed by atoms with Crippen LogP contribution in [0.5, 0.6) is 0 Å². The summed E-state index contributed by atoms with van der Waals surface area (Å²) in [4.78, 5) is 13.8. The smallest absolute Gasteiger partial charge is 0.323 e. The van der Waals surface area contributed by atoms with E-state index in [2.05, 4.69) is 4.98 Å². The summed E-state index contributed by atoms with van der Waals surface area (Å²) < 4.78 is 1.18. The van der Waals surface area contributed by atoms with Gasteiger partial charge >= 0.3 is 5.97 Å². The molecule has 0 fully saturated rings. The summed E-state index contributed by atoms with van der Waals surface area (Å²) in [7, 11) is 0. The number of hydrogen-bond acceptors (Lipinski definition) is 4. The van der Waals surface area contributed by atoms with E-state index in [9.17, 15) is 4.79 Å².